The van der Waals surface area contributed by atoms with Crippen LogP contribution in [0.2, 0.25) is 0 Å². The molecular weight excluding hydrogens is 288 g/mol. The van der Waals surface area contributed by atoms with Gasteiger partial charge in [-0.15, -0.1) is 0 Å². The Balaban J connectivity index is 3.05. The predicted molar refractivity (Wildman–Crippen MR) is 105 cm³/mol. The van der Waals surface area contributed by atoms with E-state index in [0.717, 1.165) is 6.54 Å². The van der Waals surface area contributed by atoms with E-state index in [-0.39, 0.29) is 0 Å². The largest absolute Gasteiger partial charge is 0.327 e. The smallest absolute Gasteiger partial charge is 0.0167 e. The van der Waals surface area contributed by atoms with Crippen molar-refractivity contribution in [3.8, 4) is 0 Å². The SMILES string of the molecule is CCCCCCCCCCCCSCCCC(N)CN(C)C. The summed E-state index contributed by atoms with van der Waals surface area (Å²) < 4.78 is 0. The van der Waals surface area contributed by atoms with Crippen molar-refractivity contribution in [2.24, 2.45) is 5.73 Å². The summed E-state index contributed by atoms with van der Waals surface area (Å²) in [6.07, 6.45) is 16.8. The fourth-order valence-corrected chi connectivity index (χ4v) is 3.78. The van der Waals surface area contributed by atoms with Gasteiger partial charge in [-0.25, -0.2) is 0 Å². The summed E-state index contributed by atoms with van der Waals surface area (Å²) in [6.45, 7) is 3.30. The number of nitrogens with two attached hydrogens (primary N) is 1. The predicted octanol–water partition coefficient (Wildman–Crippen LogP) is 5.31. The lowest BCUT2D eigenvalue weighted by molar-refractivity contribution is 0.362. The molecule has 3 heteroatoms. The molecule has 0 aromatic heterocycles. The standard InChI is InChI=1S/C19H42N2S/c1-4-5-6-7-8-9-10-11-12-13-16-22-17-14-15-19(20)18-21(2)3/h19H,4-18,20H2,1-3H3. The minimum atomic E-state index is 0.355. The van der Waals surface area contributed by atoms with Crippen LogP contribution in [0.5, 0.6) is 0 Å². The molecule has 2 nitrogen and oxygen atoms in total. The first-order chi connectivity index (χ1) is 10.7. The maximum atomic E-state index is 6.07. The van der Waals surface area contributed by atoms with Gasteiger partial charge in [0.05, 0.1) is 0 Å². The Morgan fingerprint density at radius 3 is 1.82 bits per heavy atom. The molecule has 0 saturated heterocycles. The van der Waals surface area contributed by atoms with Crippen molar-refractivity contribution in [2.75, 3.05) is 32.1 Å². The number of thioether (sulfide) groups is 1. The Morgan fingerprint density at radius 1 is 0.773 bits per heavy atom. The molecule has 0 radical (unpaired) electrons. The van der Waals surface area contributed by atoms with Crippen LogP contribution in [0.3, 0.4) is 0 Å². The van der Waals surface area contributed by atoms with Crippen molar-refractivity contribution in [1.29, 1.82) is 0 Å². The van der Waals surface area contributed by atoms with E-state index in [4.69, 9.17) is 5.73 Å². The Kier molecular flexibility index (Phi) is 17.8. The summed E-state index contributed by atoms with van der Waals surface area (Å²) in [4.78, 5) is 2.18. The quantitative estimate of drug-likeness (QED) is 0.366. The van der Waals surface area contributed by atoms with Crippen LogP contribution in [0, 0.1) is 0 Å². The monoisotopic (exact) mass is 330 g/mol. The highest BCUT2D eigenvalue weighted by Gasteiger charge is 2.03. The average Bonchev–Trinajstić information content (AvgIpc) is 2.47. The van der Waals surface area contributed by atoms with Gasteiger partial charge >= 0.3 is 0 Å². The third kappa shape index (κ3) is 18.3. The molecule has 0 aliphatic heterocycles. The van der Waals surface area contributed by atoms with Crippen LogP contribution in [-0.2, 0) is 0 Å². The number of hydrogen-bond donors (Lipinski definition) is 1. The average molecular weight is 331 g/mol. The highest BCUT2D eigenvalue weighted by Crippen LogP contribution is 2.13. The van der Waals surface area contributed by atoms with Gasteiger partial charge in [-0.1, -0.05) is 64.7 Å². The van der Waals surface area contributed by atoms with Crippen molar-refractivity contribution in [3.63, 3.8) is 0 Å². The van der Waals surface area contributed by atoms with Crippen molar-refractivity contribution in [2.45, 2.75) is 90.0 Å². The van der Waals surface area contributed by atoms with Gasteiger partial charge in [0.25, 0.3) is 0 Å². The molecule has 0 aromatic carbocycles. The zero-order chi connectivity index (χ0) is 16.5. The lowest BCUT2D eigenvalue weighted by Gasteiger charge is -2.16. The van der Waals surface area contributed by atoms with Gasteiger partial charge in [0.2, 0.25) is 0 Å². The van der Waals surface area contributed by atoms with Crippen LogP contribution in [0.15, 0.2) is 0 Å². The molecule has 0 aromatic rings. The zero-order valence-electron chi connectivity index (χ0n) is 15.6. The fourth-order valence-electron chi connectivity index (χ4n) is 2.80. The second-order valence-corrected chi connectivity index (χ2v) is 8.18. The van der Waals surface area contributed by atoms with Crippen molar-refractivity contribution in [1.82, 2.24) is 4.90 Å². The van der Waals surface area contributed by atoms with Gasteiger partial charge in [0, 0.05) is 12.6 Å². The van der Waals surface area contributed by atoms with E-state index in [0.29, 0.717) is 6.04 Å². The van der Waals surface area contributed by atoms with Crippen molar-refractivity contribution < 1.29 is 0 Å². The summed E-state index contributed by atoms with van der Waals surface area (Å²) in [5.41, 5.74) is 6.07. The lowest BCUT2D eigenvalue weighted by Crippen LogP contribution is -2.33. The fraction of sp³-hybridized carbons (Fsp3) is 1.00. The van der Waals surface area contributed by atoms with Crippen LogP contribution in [0.1, 0.15) is 84.0 Å². The number of rotatable bonds is 17. The van der Waals surface area contributed by atoms with Crippen LogP contribution < -0.4 is 5.73 Å². The molecule has 1 atom stereocenters. The van der Waals surface area contributed by atoms with E-state index < -0.39 is 0 Å². The molecule has 0 amide bonds. The summed E-state index contributed by atoms with van der Waals surface area (Å²) in [5.74, 6) is 2.64. The Labute approximate surface area is 145 Å². The molecule has 0 rings (SSSR count). The molecule has 1 unspecified atom stereocenters. The molecule has 0 aliphatic rings. The van der Waals surface area contributed by atoms with Crippen LogP contribution >= 0.6 is 11.8 Å². The molecule has 0 bridgehead atoms. The number of unbranched alkanes of at least 4 members (excludes halogenated alkanes) is 9. The maximum absolute atomic E-state index is 6.07. The minimum Gasteiger partial charge on any atom is -0.327 e. The summed E-state index contributed by atoms with van der Waals surface area (Å²) >= 11 is 2.12. The van der Waals surface area contributed by atoms with Gasteiger partial charge in [0.15, 0.2) is 0 Å². The normalized spacial score (nSPS) is 13.0. The molecule has 2 N–H and O–H groups in total. The summed E-state index contributed by atoms with van der Waals surface area (Å²) in [5, 5.41) is 0. The first-order valence-corrected chi connectivity index (χ1v) is 10.8. The number of nitrogens with zero attached hydrogens (tertiary/aromatic N) is 1. The Morgan fingerprint density at radius 2 is 1.27 bits per heavy atom. The molecule has 0 aliphatic carbocycles. The van der Waals surface area contributed by atoms with E-state index in [1.54, 1.807) is 0 Å². The molecule has 0 heterocycles. The van der Waals surface area contributed by atoms with E-state index >= 15 is 0 Å². The van der Waals surface area contributed by atoms with Gasteiger partial charge in [-0.3, -0.25) is 0 Å². The van der Waals surface area contributed by atoms with E-state index in [1.807, 2.05) is 0 Å². The van der Waals surface area contributed by atoms with Crippen LogP contribution in [-0.4, -0.2) is 43.1 Å². The zero-order valence-corrected chi connectivity index (χ0v) is 16.4. The molecule has 0 fully saturated rings. The first kappa shape index (κ1) is 22.3. The first-order valence-electron chi connectivity index (χ1n) is 9.64. The molecule has 22 heavy (non-hydrogen) atoms. The van der Waals surface area contributed by atoms with Gasteiger partial charge in [-0.2, -0.15) is 11.8 Å². The molecule has 0 saturated carbocycles. The van der Waals surface area contributed by atoms with Crippen LogP contribution in [0.25, 0.3) is 0 Å². The molecular formula is C19H42N2S. The van der Waals surface area contributed by atoms with E-state index in [2.05, 4.69) is 37.7 Å². The van der Waals surface area contributed by atoms with Crippen LogP contribution in [0.4, 0.5) is 0 Å². The van der Waals surface area contributed by atoms with Crippen molar-refractivity contribution in [3.05, 3.63) is 0 Å². The second kappa shape index (κ2) is 17.6. The second-order valence-electron chi connectivity index (χ2n) is 6.96. The third-order valence-corrected chi connectivity index (χ3v) is 5.26. The lowest BCUT2D eigenvalue weighted by atomic mass is 10.1. The van der Waals surface area contributed by atoms with Gasteiger partial charge in [0.1, 0.15) is 0 Å². The highest BCUT2D eigenvalue weighted by molar-refractivity contribution is 7.99. The summed E-state index contributed by atoms with van der Waals surface area (Å²) in [7, 11) is 4.19. The van der Waals surface area contributed by atoms with E-state index in [9.17, 15) is 0 Å². The topological polar surface area (TPSA) is 29.3 Å². The maximum Gasteiger partial charge on any atom is 0.0167 e. The highest BCUT2D eigenvalue weighted by atomic mass is 32.2. The minimum absolute atomic E-state index is 0.355. The van der Waals surface area contributed by atoms with Crippen molar-refractivity contribution >= 4 is 11.8 Å². The Hall–Kier alpha value is 0.270. The number of likely N-dealkylation sites (N-methyl/N-ethyl adjacent to an activating group) is 1. The van der Waals surface area contributed by atoms with Gasteiger partial charge in [-0.05, 0) is 44.9 Å². The Bertz CT molecular complexity index is 210. The van der Waals surface area contributed by atoms with E-state index in [1.165, 1.54) is 88.6 Å². The number of hydrogen-bond acceptors (Lipinski definition) is 3. The third-order valence-electron chi connectivity index (χ3n) is 4.11. The molecule has 134 valence electrons. The summed E-state index contributed by atoms with van der Waals surface area (Å²) in [6, 6.07) is 0.355. The molecule has 0 spiro atoms. The van der Waals surface area contributed by atoms with Gasteiger partial charge < -0.3 is 10.6 Å².